The van der Waals surface area contributed by atoms with Gasteiger partial charge in [0.05, 0.1) is 12.0 Å². The predicted molar refractivity (Wildman–Crippen MR) is 109 cm³/mol. The lowest BCUT2D eigenvalue weighted by Crippen LogP contribution is -2.35. The largest absolute Gasteiger partial charge is 0.338 e. The zero-order valence-corrected chi connectivity index (χ0v) is 16.5. The van der Waals surface area contributed by atoms with E-state index in [4.69, 9.17) is 5.10 Å². The number of likely N-dealkylation sites (tertiary alicyclic amines) is 1. The highest BCUT2D eigenvalue weighted by molar-refractivity contribution is 5.58. The molecule has 0 radical (unpaired) electrons. The minimum absolute atomic E-state index is 0.384. The Morgan fingerprint density at radius 2 is 1.93 bits per heavy atom. The van der Waals surface area contributed by atoms with Crippen molar-refractivity contribution in [2.24, 2.45) is 7.05 Å². The summed E-state index contributed by atoms with van der Waals surface area (Å²) in [7, 11) is 2.05. The quantitative estimate of drug-likeness (QED) is 0.522. The van der Waals surface area contributed by atoms with Crippen LogP contribution in [0.2, 0.25) is 0 Å². The number of aromatic nitrogens is 7. The van der Waals surface area contributed by atoms with E-state index in [0.717, 1.165) is 61.6 Å². The van der Waals surface area contributed by atoms with Crippen molar-refractivity contribution in [2.75, 3.05) is 19.6 Å². The number of rotatable bonds is 5. The Hall–Kier alpha value is -3.13. The fraction of sp³-hybridized carbons (Fsp3) is 0.381. The predicted octanol–water partition coefficient (Wildman–Crippen LogP) is 2.34. The lowest BCUT2D eigenvalue weighted by molar-refractivity contribution is 0.209. The van der Waals surface area contributed by atoms with Gasteiger partial charge >= 0.3 is 0 Å². The van der Waals surface area contributed by atoms with Crippen LogP contribution in [0.5, 0.6) is 0 Å². The fourth-order valence-corrected chi connectivity index (χ4v) is 4.04. The Kier molecular flexibility index (Phi) is 4.77. The molecule has 1 aliphatic heterocycles. The normalized spacial score (nSPS) is 15.9. The van der Waals surface area contributed by atoms with E-state index in [1.807, 2.05) is 47.5 Å². The summed E-state index contributed by atoms with van der Waals surface area (Å²) in [5, 5.41) is 13.6. The first-order valence-corrected chi connectivity index (χ1v) is 10.1. The summed E-state index contributed by atoms with van der Waals surface area (Å²) in [6, 6.07) is 7.90. The van der Waals surface area contributed by atoms with E-state index in [0.29, 0.717) is 5.92 Å². The molecule has 8 nitrogen and oxygen atoms in total. The highest BCUT2D eigenvalue weighted by atomic mass is 15.4. The van der Waals surface area contributed by atoms with Crippen LogP contribution in [0.15, 0.2) is 49.2 Å². The van der Waals surface area contributed by atoms with Crippen molar-refractivity contribution < 1.29 is 0 Å². The third kappa shape index (κ3) is 3.63. The molecule has 4 aromatic heterocycles. The van der Waals surface area contributed by atoms with Gasteiger partial charge in [0.1, 0.15) is 0 Å². The zero-order chi connectivity index (χ0) is 19.6. The Labute approximate surface area is 169 Å². The van der Waals surface area contributed by atoms with E-state index in [-0.39, 0.29) is 0 Å². The molecule has 4 aromatic rings. The highest BCUT2D eigenvalue weighted by Gasteiger charge is 2.25. The molecule has 0 amide bonds. The minimum Gasteiger partial charge on any atom is -0.338 e. The third-order valence-corrected chi connectivity index (χ3v) is 5.80. The molecule has 8 heteroatoms. The number of pyridine rings is 1. The summed E-state index contributed by atoms with van der Waals surface area (Å²) in [5.41, 5.74) is 3.97. The molecule has 0 unspecified atom stereocenters. The van der Waals surface area contributed by atoms with Crippen LogP contribution in [0.3, 0.4) is 0 Å². The van der Waals surface area contributed by atoms with Crippen LogP contribution >= 0.6 is 0 Å². The molecule has 0 bridgehead atoms. The van der Waals surface area contributed by atoms with Crippen molar-refractivity contribution in [3.8, 4) is 11.3 Å². The number of nitrogens with zero attached hydrogens (tertiary/aromatic N) is 8. The first-order valence-electron chi connectivity index (χ1n) is 10.1. The maximum absolute atomic E-state index is 4.81. The number of hydrogen-bond donors (Lipinski definition) is 0. The molecule has 29 heavy (non-hydrogen) atoms. The molecule has 0 spiro atoms. The van der Waals surface area contributed by atoms with E-state index in [1.165, 1.54) is 5.69 Å². The second-order valence-corrected chi connectivity index (χ2v) is 7.65. The van der Waals surface area contributed by atoms with Crippen molar-refractivity contribution in [3.05, 3.63) is 60.7 Å². The lowest BCUT2D eigenvalue weighted by atomic mass is 9.96. The number of piperidine rings is 1. The highest BCUT2D eigenvalue weighted by Crippen LogP contribution is 2.27. The molecule has 5 heterocycles. The molecule has 1 saturated heterocycles. The first-order chi connectivity index (χ1) is 14.3. The Bertz CT molecular complexity index is 1090. The maximum atomic E-state index is 4.81. The van der Waals surface area contributed by atoms with E-state index >= 15 is 0 Å². The maximum Gasteiger partial charge on any atom is 0.177 e. The van der Waals surface area contributed by atoms with Crippen LogP contribution in [0.1, 0.15) is 30.3 Å². The van der Waals surface area contributed by atoms with Crippen LogP contribution < -0.4 is 0 Å². The van der Waals surface area contributed by atoms with Gasteiger partial charge in [0, 0.05) is 55.8 Å². The van der Waals surface area contributed by atoms with Crippen molar-refractivity contribution in [3.63, 3.8) is 0 Å². The number of hydrogen-bond acceptors (Lipinski definition) is 6. The van der Waals surface area contributed by atoms with Gasteiger partial charge in [-0.1, -0.05) is 0 Å². The number of aryl methyl sites for hydroxylation is 1. The van der Waals surface area contributed by atoms with Gasteiger partial charge in [-0.15, -0.1) is 10.2 Å². The summed E-state index contributed by atoms with van der Waals surface area (Å²) in [5.74, 6) is 1.35. The van der Waals surface area contributed by atoms with E-state index in [2.05, 4.69) is 36.7 Å². The molecule has 5 rings (SSSR count). The van der Waals surface area contributed by atoms with Crippen molar-refractivity contribution in [2.45, 2.75) is 25.2 Å². The Morgan fingerprint density at radius 3 is 2.69 bits per heavy atom. The van der Waals surface area contributed by atoms with Gasteiger partial charge in [-0.25, -0.2) is 4.98 Å². The summed E-state index contributed by atoms with van der Waals surface area (Å²) < 4.78 is 4.01. The van der Waals surface area contributed by atoms with Crippen LogP contribution in [0, 0.1) is 0 Å². The van der Waals surface area contributed by atoms with E-state index < -0.39 is 0 Å². The van der Waals surface area contributed by atoms with Gasteiger partial charge in [0.2, 0.25) is 0 Å². The van der Waals surface area contributed by atoms with Crippen molar-refractivity contribution >= 4 is 5.65 Å². The summed E-state index contributed by atoms with van der Waals surface area (Å²) in [6.07, 6.45) is 10.6. The molecule has 0 aliphatic carbocycles. The molecule has 0 atom stereocenters. The molecular formula is C21H24N8. The molecule has 0 aromatic carbocycles. The van der Waals surface area contributed by atoms with E-state index in [1.54, 1.807) is 6.20 Å². The van der Waals surface area contributed by atoms with Crippen molar-refractivity contribution in [1.29, 1.82) is 0 Å². The van der Waals surface area contributed by atoms with Crippen LogP contribution in [0.25, 0.3) is 16.9 Å². The summed E-state index contributed by atoms with van der Waals surface area (Å²) in [6.45, 7) is 3.20. The van der Waals surface area contributed by atoms with Crippen LogP contribution in [-0.4, -0.2) is 58.9 Å². The van der Waals surface area contributed by atoms with Gasteiger partial charge in [0.25, 0.3) is 0 Å². The lowest BCUT2D eigenvalue weighted by Gasteiger charge is -2.31. The second kappa shape index (κ2) is 7.71. The Balaban J connectivity index is 1.28. The SMILES string of the molecule is Cn1cncc1CCN1CCC(c2nnc3ccc(-c4cccnc4)nn23)CC1. The molecule has 1 fully saturated rings. The van der Waals surface area contributed by atoms with Crippen molar-refractivity contribution in [1.82, 2.24) is 39.2 Å². The average molecular weight is 388 g/mol. The topological polar surface area (TPSA) is 77.0 Å². The van der Waals surface area contributed by atoms with Crippen LogP contribution in [0.4, 0.5) is 0 Å². The second-order valence-electron chi connectivity index (χ2n) is 7.65. The number of fused-ring (bicyclic) bond motifs is 1. The molecule has 148 valence electrons. The smallest absolute Gasteiger partial charge is 0.177 e. The van der Waals surface area contributed by atoms with Crippen LogP contribution in [-0.2, 0) is 13.5 Å². The van der Waals surface area contributed by atoms with Gasteiger partial charge in [-0.2, -0.15) is 9.61 Å². The molecule has 1 aliphatic rings. The van der Waals surface area contributed by atoms with Gasteiger partial charge in [-0.05, 0) is 50.2 Å². The average Bonchev–Trinajstić information content (AvgIpc) is 3.38. The van der Waals surface area contributed by atoms with Gasteiger partial charge in [0.15, 0.2) is 11.5 Å². The van der Waals surface area contributed by atoms with Gasteiger partial charge in [-0.3, -0.25) is 4.98 Å². The number of imidazole rings is 1. The monoisotopic (exact) mass is 388 g/mol. The first kappa shape index (κ1) is 17.9. The minimum atomic E-state index is 0.384. The Morgan fingerprint density at radius 1 is 1.03 bits per heavy atom. The molecule has 0 saturated carbocycles. The molecular weight excluding hydrogens is 364 g/mol. The third-order valence-electron chi connectivity index (χ3n) is 5.80. The summed E-state index contributed by atoms with van der Waals surface area (Å²) in [4.78, 5) is 10.9. The van der Waals surface area contributed by atoms with Gasteiger partial charge < -0.3 is 9.47 Å². The summed E-state index contributed by atoms with van der Waals surface area (Å²) >= 11 is 0. The fourth-order valence-electron chi connectivity index (χ4n) is 4.04. The molecule has 0 N–H and O–H groups in total. The standard InChI is InChI=1S/C21H24N8/c1-27-15-23-14-18(27)8-12-28-10-6-16(7-11-28)21-25-24-20-5-4-19(26-29(20)21)17-3-2-9-22-13-17/h2-5,9,13-16H,6-8,10-12H2,1H3. The van der Waals surface area contributed by atoms with E-state index in [9.17, 15) is 0 Å². The zero-order valence-electron chi connectivity index (χ0n) is 16.5.